The van der Waals surface area contributed by atoms with Gasteiger partial charge in [0.15, 0.2) is 18.4 Å². The summed E-state index contributed by atoms with van der Waals surface area (Å²) in [5.41, 5.74) is -2.87. The predicted octanol–water partition coefficient (Wildman–Crippen LogP) is 3.56. The Bertz CT molecular complexity index is 1240. The predicted molar refractivity (Wildman–Crippen MR) is 200 cm³/mol. The highest BCUT2D eigenvalue weighted by Gasteiger charge is 2.54. The summed E-state index contributed by atoms with van der Waals surface area (Å²) in [7, 11) is 8.60. The maximum atomic E-state index is 14.3. The van der Waals surface area contributed by atoms with Crippen molar-refractivity contribution in [2.45, 2.75) is 173 Å². The van der Waals surface area contributed by atoms with Gasteiger partial charge < -0.3 is 63.3 Å². The third-order valence-electron chi connectivity index (χ3n) is 12.6. The van der Waals surface area contributed by atoms with Gasteiger partial charge in [-0.05, 0) is 73.9 Å². The summed E-state index contributed by atoms with van der Waals surface area (Å²) >= 11 is 0. The van der Waals surface area contributed by atoms with E-state index in [1.54, 1.807) is 41.9 Å². The van der Waals surface area contributed by atoms with E-state index in [-0.39, 0.29) is 36.6 Å². The number of hydrogen-bond donors (Lipinski definition) is 4. The Kier molecular flexibility index (Phi) is 16.4. The molecule has 0 aromatic rings. The Morgan fingerprint density at radius 3 is 2.06 bits per heavy atom. The zero-order valence-corrected chi connectivity index (χ0v) is 35.3. The van der Waals surface area contributed by atoms with Crippen molar-refractivity contribution in [2.75, 3.05) is 35.4 Å². The number of esters is 1. The highest BCUT2D eigenvalue weighted by atomic mass is 16.8. The number of rotatable bonds is 9. The average Bonchev–Trinajstić information content (AvgIpc) is 3.12. The van der Waals surface area contributed by atoms with E-state index in [0.717, 1.165) is 0 Å². The monoisotopic (exact) mass is 777 g/mol. The van der Waals surface area contributed by atoms with Crippen molar-refractivity contribution in [2.24, 2.45) is 34.7 Å². The summed E-state index contributed by atoms with van der Waals surface area (Å²) in [6.45, 7) is 17.7. The maximum absolute atomic E-state index is 14.3. The van der Waals surface area contributed by atoms with Crippen molar-refractivity contribution in [3.05, 3.63) is 0 Å². The highest BCUT2D eigenvalue weighted by molar-refractivity contribution is 5.88. The van der Waals surface area contributed by atoms with Crippen LogP contribution in [0.25, 0.3) is 0 Å². The Balaban J connectivity index is 2.27. The molecule has 0 aromatic heterocycles. The summed E-state index contributed by atoms with van der Waals surface area (Å²) in [5, 5.41) is 48.4. The first kappa shape index (κ1) is 46.9. The van der Waals surface area contributed by atoms with Crippen molar-refractivity contribution >= 4 is 11.7 Å². The quantitative estimate of drug-likeness (QED) is 0.151. The van der Waals surface area contributed by atoms with E-state index in [0.29, 0.717) is 12.8 Å². The number of likely N-dealkylation sites (N-methyl/N-ethyl adjacent to an activating group) is 1. The van der Waals surface area contributed by atoms with Crippen molar-refractivity contribution in [1.82, 2.24) is 4.90 Å². The fourth-order valence-electron chi connectivity index (χ4n) is 9.02. The first-order valence-electron chi connectivity index (χ1n) is 19.5. The number of nitrogens with zero attached hydrogens (tertiary/aromatic N) is 2. The van der Waals surface area contributed by atoms with Crippen LogP contribution < -0.4 is 0 Å². The van der Waals surface area contributed by atoms with Gasteiger partial charge in [0.2, 0.25) is 0 Å². The van der Waals surface area contributed by atoms with E-state index in [1.165, 1.54) is 14.0 Å². The fourth-order valence-corrected chi connectivity index (χ4v) is 9.02. The second-order valence-corrected chi connectivity index (χ2v) is 17.0. The third-order valence-corrected chi connectivity index (χ3v) is 12.6. The molecule has 4 N–H and O–H groups in total. The number of hydrogen-bond acceptors (Lipinski definition) is 15. The molecule has 18 atom stereocenters. The lowest BCUT2D eigenvalue weighted by molar-refractivity contribution is -0.371. The third kappa shape index (κ3) is 9.78. The molecule has 0 bridgehead atoms. The molecule has 0 amide bonds. The summed E-state index contributed by atoms with van der Waals surface area (Å²) in [4.78, 5) is 16.4. The van der Waals surface area contributed by atoms with Crippen molar-refractivity contribution < 1.29 is 63.2 Å². The molecular weight excluding hydrogens is 704 g/mol. The topological polar surface area (TPSA) is 187 Å². The van der Waals surface area contributed by atoms with E-state index in [1.807, 2.05) is 48.7 Å². The number of carbonyl (C=O) groups is 1. The minimum atomic E-state index is -1.92. The van der Waals surface area contributed by atoms with E-state index < -0.39 is 95.8 Å². The normalized spacial score (nSPS) is 48.4. The Hall–Kier alpha value is -1.50. The summed E-state index contributed by atoms with van der Waals surface area (Å²) < 4.78 is 50.7. The Labute approximate surface area is 322 Å². The maximum Gasteiger partial charge on any atom is 0.311 e. The molecule has 3 heterocycles. The lowest BCUT2D eigenvalue weighted by atomic mass is 9.73. The smallest absolute Gasteiger partial charge is 0.311 e. The number of aliphatic hydroxyl groups excluding tert-OH is 2. The van der Waals surface area contributed by atoms with Crippen molar-refractivity contribution in [1.29, 1.82) is 0 Å². The van der Waals surface area contributed by atoms with Crippen LogP contribution in [0.4, 0.5) is 0 Å². The largest absolute Gasteiger partial charge is 0.459 e. The van der Waals surface area contributed by atoms with Crippen LogP contribution in [0, 0.1) is 29.6 Å². The molecule has 54 heavy (non-hydrogen) atoms. The summed E-state index contributed by atoms with van der Waals surface area (Å²) in [6.07, 6.45) is -6.44. The van der Waals surface area contributed by atoms with Crippen molar-refractivity contribution in [3.63, 3.8) is 0 Å². The zero-order chi connectivity index (χ0) is 41.1. The summed E-state index contributed by atoms with van der Waals surface area (Å²) in [6, 6.07) is -0.0456. The molecular formula is C39H72N2O13. The van der Waals surface area contributed by atoms with Gasteiger partial charge in [-0.2, -0.15) is 0 Å². The zero-order valence-electron chi connectivity index (χ0n) is 35.3. The van der Waals surface area contributed by atoms with Gasteiger partial charge in [0.05, 0.1) is 41.6 Å². The number of oxime groups is 1. The lowest BCUT2D eigenvalue weighted by Crippen LogP contribution is -2.61. The van der Waals surface area contributed by atoms with Crippen LogP contribution in [0.5, 0.6) is 0 Å². The van der Waals surface area contributed by atoms with Crippen LogP contribution in [0.15, 0.2) is 5.16 Å². The number of cyclic esters (lactones) is 1. The van der Waals surface area contributed by atoms with Crippen LogP contribution in [0.2, 0.25) is 0 Å². The van der Waals surface area contributed by atoms with Gasteiger partial charge in [-0.15, -0.1) is 0 Å². The van der Waals surface area contributed by atoms with Gasteiger partial charge in [-0.1, -0.05) is 39.8 Å². The Morgan fingerprint density at radius 1 is 0.907 bits per heavy atom. The van der Waals surface area contributed by atoms with Gasteiger partial charge in [0.1, 0.15) is 23.9 Å². The molecule has 3 rings (SSSR count). The molecule has 0 aliphatic carbocycles. The lowest BCUT2D eigenvalue weighted by Gasteiger charge is -2.50. The number of aliphatic hydroxyl groups is 3. The number of ether oxygens (including phenoxy) is 8. The first-order chi connectivity index (χ1) is 25.1. The van der Waals surface area contributed by atoms with Crippen LogP contribution in [0.3, 0.4) is 0 Å². The second kappa shape index (κ2) is 18.8. The highest BCUT2D eigenvalue weighted by Crippen LogP contribution is 2.42. The van der Waals surface area contributed by atoms with Crippen molar-refractivity contribution in [3.8, 4) is 0 Å². The molecule has 0 aromatic carbocycles. The molecule has 3 aliphatic heterocycles. The number of methoxy groups -OCH3 is 3. The van der Waals surface area contributed by atoms with E-state index in [2.05, 4.69) is 10.1 Å². The molecule has 316 valence electrons. The average molecular weight is 777 g/mol. The van der Waals surface area contributed by atoms with Gasteiger partial charge in [-0.3, -0.25) is 4.79 Å². The van der Waals surface area contributed by atoms with E-state index in [9.17, 15) is 25.3 Å². The van der Waals surface area contributed by atoms with Gasteiger partial charge in [-0.25, -0.2) is 0 Å². The molecule has 0 radical (unpaired) electrons. The molecule has 3 saturated heterocycles. The molecule has 3 fully saturated rings. The van der Waals surface area contributed by atoms with E-state index in [4.69, 9.17) is 37.9 Å². The minimum Gasteiger partial charge on any atom is -0.459 e. The molecule has 15 heteroatoms. The molecule has 0 spiro atoms. The van der Waals surface area contributed by atoms with E-state index >= 15 is 0 Å². The fraction of sp³-hybridized carbons (Fsp3) is 0.949. The van der Waals surface area contributed by atoms with Gasteiger partial charge in [0, 0.05) is 51.5 Å². The van der Waals surface area contributed by atoms with Crippen LogP contribution in [-0.2, 0) is 42.7 Å². The number of carbonyl (C=O) groups excluding carboxylic acids is 1. The molecule has 0 saturated carbocycles. The minimum absolute atomic E-state index is 0.0456. The molecule has 0 unspecified atom stereocenters. The molecule has 15 nitrogen and oxygen atoms in total. The second-order valence-electron chi connectivity index (χ2n) is 17.0. The SMILES string of the molecule is CC[C@H]1OC(=O)[C@H](C)[C@@H](O[C@@H]2C[C@@H](C)[C@H](O)[C@](C)(OC)O2)[C@H](C)[C@@H](O[C@@H]2O[C@H](C)C[C@H](N(C)C)[C@H]2OC)[C@@](C)(OC)C[C@@H](C)/C(=N/O)[C@H](C)[C@@H](O)[C@]1(C)O. The first-order valence-corrected chi connectivity index (χ1v) is 19.5. The Morgan fingerprint density at radius 2 is 1.54 bits per heavy atom. The van der Waals surface area contributed by atoms with Crippen LogP contribution in [-0.4, -0.2) is 151 Å². The summed E-state index contributed by atoms with van der Waals surface area (Å²) in [5.74, 6) is -5.33. The molecule has 3 aliphatic rings. The van der Waals surface area contributed by atoms with Gasteiger partial charge in [0.25, 0.3) is 0 Å². The van der Waals surface area contributed by atoms with Crippen LogP contribution in [0.1, 0.15) is 94.9 Å². The van der Waals surface area contributed by atoms with Gasteiger partial charge >= 0.3 is 5.97 Å². The van der Waals surface area contributed by atoms with Crippen LogP contribution >= 0.6 is 0 Å². The standard InChI is InChI=1S/C39H72N2O13/c1-16-27-38(9,45)33(43)23(5)29(40-46)21(3)19-37(8,48-14)34(53-36-31(47-13)26(41(11)12)18-22(4)50-36)24(6)30(25(7)35(44)51-27)52-28-17-20(2)32(42)39(10,49-15)54-28/h20-28,30-34,36,42-43,45-46H,16-19H2,1-15H3/b40-29-/t20-,21-,22-,23+,24+,25-,26+,27-,28+,30+,31-,32+,33-,34-,36+,37+,38-,39-/m1/s1.